The van der Waals surface area contributed by atoms with Crippen LogP contribution < -0.4 is 9.47 Å². The highest BCUT2D eigenvalue weighted by molar-refractivity contribution is 7.17. The van der Waals surface area contributed by atoms with Crippen LogP contribution in [-0.2, 0) is 13.1 Å². The molecule has 0 unspecified atom stereocenters. The molecule has 0 amide bonds. The van der Waals surface area contributed by atoms with Gasteiger partial charge in [-0.2, -0.15) is 0 Å². The predicted molar refractivity (Wildman–Crippen MR) is 115 cm³/mol. The zero-order valence-corrected chi connectivity index (χ0v) is 17.0. The van der Waals surface area contributed by atoms with E-state index in [0.29, 0.717) is 6.61 Å². The van der Waals surface area contributed by atoms with Crippen molar-refractivity contribution in [3.05, 3.63) is 71.6 Å². The van der Waals surface area contributed by atoms with E-state index in [2.05, 4.69) is 56.6 Å². The van der Waals surface area contributed by atoms with E-state index in [-0.39, 0.29) is 0 Å². The number of hydrogen-bond acceptors (Lipinski definition) is 6. The Kier molecular flexibility index (Phi) is 4.87. The summed E-state index contributed by atoms with van der Waals surface area (Å²) in [4.78, 5) is 10.6. The lowest BCUT2D eigenvalue weighted by atomic mass is 10.0. The molecule has 146 valence electrons. The number of nitrogens with zero attached hydrogens (tertiary/aromatic N) is 3. The molecule has 3 heterocycles. The van der Waals surface area contributed by atoms with E-state index in [1.54, 1.807) is 24.8 Å². The fourth-order valence-corrected chi connectivity index (χ4v) is 4.82. The molecule has 0 N–H and O–H groups in total. The van der Waals surface area contributed by atoms with Gasteiger partial charge in [0.15, 0.2) is 11.5 Å². The Balaban J connectivity index is 1.54. The van der Waals surface area contributed by atoms with Gasteiger partial charge in [0.2, 0.25) is 0 Å². The molecule has 6 heteroatoms. The summed E-state index contributed by atoms with van der Waals surface area (Å²) in [7, 11) is 1.71. The third kappa shape index (κ3) is 3.57. The summed E-state index contributed by atoms with van der Waals surface area (Å²) in [6, 6.07) is 12.8. The largest absolute Gasteiger partial charge is 0.493 e. The number of fused-ring (bicyclic) bond motifs is 2. The summed E-state index contributed by atoms with van der Waals surface area (Å²) in [6.07, 6.45) is 5.30. The third-order valence-electron chi connectivity index (χ3n) is 5.21. The van der Waals surface area contributed by atoms with E-state index >= 15 is 0 Å². The molecule has 0 atom stereocenters. The van der Waals surface area contributed by atoms with Crippen LogP contribution in [0.4, 0.5) is 0 Å². The van der Waals surface area contributed by atoms with E-state index in [4.69, 9.17) is 9.47 Å². The molecule has 0 fully saturated rings. The Morgan fingerprint density at radius 2 is 2.03 bits per heavy atom. The highest BCUT2D eigenvalue weighted by atomic mass is 32.1. The van der Waals surface area contributed by atoms with Gasteiger partial charge in [-0.15, -0.1) is 11.3 Å². The molecule has 0 bridgehead atoms. The minimum absolute atomic E-state index is 0.623. The van der Waals surface area contributed by atoms with E-state index in [1.165, 1.54) is 15.6 Å². The number of hydrogen-bond donors (Lipinski definition) is 0. The number of methoxy groups -OCH3 is 1. The van der Waals surface area contributed by atoms with Crippen molar-refractivity contribution in [2.75, 3.05) is 20.3 Å². The zero-order chi connectivity index (χ0) is 19.6. The van der Waals surface area contributed by atoms with Crippen molar-refractivity contribution in [3.8, 4) is 22.6 Å². The molecule has 0 saturated carbocycles. The lowest BCUT2D eigenvalue weighted by Crippen LogP contribution is -2.25. The molecule has 4 aromatic rings. The number of benzene rings is 2. The first-order valence-electron chi connectivity index (χ1n) is 9.58. The van der Waals surface area contributed by atoms with E-state index in [9.17, 15) is 0 Å². The Hall–Kier alpha value is -2.96. The normalized spacial score (nSPS) is 14.2. The lowest BCUT2D eigenvalue weighted by molar-refractivity contribution is 0.216. The fraction of sp³-hybridized carbons (Fsp3) is 0.217. The van der Waals surface area contributed by atoms with Gasteiger partial charge in [0.1, 0.15) is 12.9 Å². The van der Waals surface area contributed by atoms with E-state index in [0.717, 1.165) is 47.8 Å². The Morgan fingerprint density at radius 3 is 2.90 bits per heavy atom. The van der Waals surface area contributed by atoms with Crippen LogP contribution in [0.25, 0.3) is 21.2 Å². The highest BCUT2D eigenvalue weighted by Gasteiger charge is 2.21. The molecule has 5 nitrogen and oxygen atoms in total. The quantitative estimate of drug-likeness (QED) is 0.492. The molecule has 2 aromatic heterocycles. The summed E-state index contributed by atoms with van der Waals surface area (Å²) in [6.45, 7) is 3.04. The molecule has 1 aliphatic rings. The van der Waals surface area contributed by atoms with Gasteiger partial charge in [0.25, 0.3) is 0 Å². The molecular formula is C23H21N3O2S. The number of rotatable bonds is 4. The van der Waals surface area contributed by atoms with Crippen molar-refractivity contribution in [2.24, 2.45) is 0 Å². The minimum Gasteiger partial charge on any atom is -0.493 e. The second-order valence-corrected chi connectivity index (χ2v) is 8.03. The van der Waals surface area contributed by atoms with Crippen LogP contribution in [0, 0.1) is 0 Å². The maximum atomic E-state index is 6.10. The van der Waals surface area contributed by atoms with Crippen LogP contribution in [0.15, 0.2) is 60.5 Å². The van der Waals surface area contributed by atoms with Gasteiger partial charge in [-0.25, -0.2) is 9.97 Å². The van der Waals surface area contributed by atoms with Gasteiger partial charge in [-0.1, -0.05) is 18.2 Å². The van der Waals surface area contributed by atoms with Crippen molar-refractivity contribution >= 4 is 21.4 Å². The lowest BCUT2D eigenvalue weighted by Gasteiger charge is -2.19. The number of ether oxygens (including phenoxy) is 2. The van der Waals surface area contributed by atoms with Crippen LogP contribution in [0.2, 0.25) is 0 Å². The van der Waals surface area contributed by atoms with Crippen LogP contribution in [0.1, 0.15) is 11.1 Å². The summed E-state index contributed by atoms with van der Waals surface area (Å²) in [5, 5.41) is 3.50. The molecule has 29 heavy (non-hydrogen) atoms. The summed E-state index contributed by atoms with van der Waals surface area (Å²) >= 11 is 1.77. The first-order valence-corrected chi connectivity index (χ1v) is 10.5. The molecule has 0 radical (unpaired) electrons. The van der Waals surface area contributed by atoms with Gasteiger partial charge in [-0.3, -0.25) is 4.90 Å². The molecule has 2 aromatic carbocycles. The summed E-state index contributed by atoms with van der Waals surface area (Å²) < 4.78 is 13.1. The van der Waals surface area contributed by atoms with Crippen molar-refractivity contribution in [3.63, 3.8) is 0 Å². The number of aromatic nitrogens is 2. The first-order chi connectivity index (χ1) is 14.3. The van der Waals surface area contributed by atoms with Crippen molar-refractivity contribution in [2.45, 2.75) is 13.1 Å². The molecule has 0 aliphatic carbocycles. The molecule has 5 rings (SSSR count). The van der Waals surface area contributed by atoms with E-state index < -0.39 is 0 Å². The van der Waals surface area contributed by atoms with Crippen LogP contribution in [-0.4, -0.2) is 35.1 Å². The second-order valence-electron chi connectivity index (χ2n) is 7.12. The molecule has 0 saturated heterocycles. The third-order valence-corrected chi connectivity index (χ3v) is 6.18. The van der Waals surface area contributed by atoms with Crippen LogP contribution in [0.3, 0.4) is 0 Å². The Labute approximate surface area is 173 Å². The zero-order valence-electron chi connectivity index (χ0n) is 16.2. The Morgan fingerprint density at radius 1 is 1.17 bits per heavy atom. The fourth-order valence-electron chi connectivity index (χ4n) is 3.85. The predicted octanol–water partition coefficient (Wildman–Crippen LogP) is 4.76. The SMILES string of the molecule is COc1cc(-c2csc3ccccc23)cc2c1OCCN(Cc1cncnc1)C2. The van der Waals surface area contributed by atoms with Gasteiger partial charge in [0.05, 0.1) is 7.11 Å². The maximum absolute atomic E-state index is 6.10. The van der Waals surface area contributed by atoms with Crippen molar-refractivity contribution < 1.29 is 9.47 Å². The molecular weight excluding hydrogens is 382 g/mol. The van der Waals surface area contributed by atoms with Gasteiger partial charge < -0.3 is 9.47 Å². The average molecular weight is 404 g/mol. The summed E-state index contributed by atoms with van der Waals surface area (Å²) in [5.41, 5.74) is 4.64. The summed E-state index contributed by atoms with van der Waals surface area (Å²) in [5.74, 6) is 1.64. The second kappa shape index (κ2) is 7.81. The van der Waals surface area contributed by atoms with Crippen molar-refractivity contribution in [1.82, 2.24) is 14.9 Å². The average Bonchev–Trinajstić information content (AvgIpc) is 3.08. The Bertz CT molecular complexity index is 1140. The standard InChI is InChI=1S/C23H21N3O2S/c1-27-21-9-17(20-14-29-22-5-3-2-4-19(20)22)8-18-13-26(6-7-28-23(18)21)12-16-10-24-15-25-11-16/h2-5,8-11,14-15H,6-7,12-13H2,1H3. The first kappa shape index (κ1) is 18.1. The van der Waals surface area contributed by atoms with Crippen LogP contribution >= 0.6 is 11.3 Å². The highest BCUT2D eigenvalue weighted by Crippen LogP contribution is 2.41. The van der Waals surface area contributed by atoms with Crippen molar-refractivity contribution in [1.29, 1.82) is 0 Å². The van der Waals surface area contributed by atoms with Gasteiger partial charge in [-0.05, 0) is 29.1 Å². The van der Waals surface area contributed by atoms with Crippen LogP contribution in [0.5, 0.6) is 11.5 Å². The maximum Gasteiger partial charge on any atom is 0.165 e. The topological polar surface area (TPSA) is 47.5 Å². The monoisotopic (exact) mass is 403 g/mol. The number of thiophene rings is 1. The molecule has 1 aliphatic heterocycles. The smallest absolute Gasteiger partial charge is 0.165 e. The molecule has 0 spiro atoms. The van der Waals surface area contributed by atoms with Gasteiger partial charge >= 0.3 is 0 Å². The minimum atomic E-state index is 0.623. The van der Waals surface area contributed by atoms with E-state index in [1.807, 2.05) is 12.4 Å². The van der Waals surface area contributed by atoms with Gasteiger partial charge in [0, 0.05) is 58.8 Å².